The third-order valence-electron chi connectivity index (χ3n) is 8.60. The lowest BCUT2D eigenvalue weighted by atomic mass is 9.61. The van der Waals surface area contributed by atoms with Gasteiger partial charge in [-0.2, -0.15) is 4.31 Å². The van der Waals surface area contributed by atoms with Crippen molar-refractivity contribution in [3.05, 3.63) is 45.7 Å². The molecule has 3 heterocycles. The molecule has 186 valence electrons. The van der Waals surface area contributed by atoms with E-state index in [1.807, 2.05) is 0 Å². The molecule has 3 saturated carbocycles. The number of carbonyl (C=O) groups is 1. The Bertz CT molecular complexity index is 1360. The van der Waals surface area contributed by atoms with E-state index in [-0.39, 0.29) is 41.0 Å². The topological polar surface area (TPSA) is 70.6 Å². The van der Waals surface area contributed by atoms with Gasteiger partial charge in [-0.1, -0.05) is 12.1 Å². The molecule has 1 spiro atoms. The number of halogens is 3. The summed E-state index contributed by atoms with van der Waals surface area (Å²) in [6.07, 6.45) is 3.09. The summed E-state index contributed by atoms with van der Waals surface area (Å²) in [4.78, 5) is 19.8. The van der Waals surface area contributed by atoms with E-state index in [1.165, 1.54) is 33.8 Å². The Hall–Kier alpha value is -1.98. The highest BCUT2D eigenvalue weighted by atomic mass is 32.2. The molecule has 0 N–H and O–H groups in total. The lowest BCUT2D eigenvalue weighted by molar-refractivity contribution is -0.0784. The van der Waals surface area contributed by atoms with Crippen LogP contribution in [0, 0.1) is 17.2 Å². The van der Waals surface area contributed by atoms with Gasteiger partial charge in [0.1, 0.15) is 15.6 Å². The van der Waals surface area contributed by atoms with Crippen LogP contribution in [0.3, 0.4) is 0 Å². The lowest BCUT2D eigenvalue weighted by Gasteiger charge is -2.60. The highest BCUT2D eigenvalue weighted by molar-refractivity contribution is 7.89. The van der Waals surface area contributed by atoms with E-state index in [4.69, 9.17) is 0 Å². The van der Waals surface area contributed by atoms with Crippen LogP contribution in [0.2, 0.25) is 0 Å². The first-order chi connectivity index (χ1) is 16.5. The first-order valence-electron chi connectivity index (χ1n) is 12.0. The molecule has 1 aromatic carbocycles. The molecule has 3 atom stereocenters. The van der Waals surface area contributed by atoms with E-state index in [2.05, 4.69) is 4.98 Å². The highest BCUT2D eigenvalue weighted by Crippen LogP contribution is 2.67. The maximum Gasteiger partial charge on any atom is 0.266 e. The normalized spacial score (nSPS) is 31.4. The first kappa shape index (κ1) is 22.2. The van der Waals surface area contributed by atoms with Gasteiger partial charge in [0.25, 0.3) is 11.8 Å². The smallest absolute Gasteiger partial charge is 0.266 e. The van der Waals surface area contributed by atoms with Crippen molar-refractivity contribution >= 4 is 27.3 Å². The molecule has 3 aliphatic carbocycles. The summed E-state index contributed by atoms with van der Waals surface area (Å²) in [5.74, 6) is -5.50. The molecule has 35 heavy (non-hydrogen) atoms. The minimum atomic E-state index is -3.93. The van der Waals surface area contributed by atoms with Gasteiger partial charge in [-0.05, 0) is 44.7 Å². The number of rotatable bonds is 4. The standard InChI is InChI=1S/C24H24F3N3O3S2/c1-12-17-18(24(17,26)27)19-20(34-21(28-19)13-6-7-13)22(31)30(12)14-8-23(9-14)10-29(11-23)35(32,33)16-5-3-2-4-15(16)25/h2-5,12-14,17-18H,6-11H2,1H3/t12-,17-,18-/m1/s1. The molecule has 0 radical (unpaired) electrons. The van der Waals surface area contributed by atoms with Crippen LogP contribution in [0.5, 0.6) is 0 Å². The second-order valence-electron chi connectivity index (χ2n) is 10.9. The zero-order valence-electron chi connectivity index (χ0n) is 19.0. The highest BCUT2D eigenvalue weighted by Gasteiger charge is 2.75. The average Bonchev–Trinajstić information content (AvgIpc) is 3.63. The fourth-order valence-corrected chi connectivity index (χ4v) is 9.51. The Morgan fingerprint density at radius 3 is 2.49 bits per heavy atom. The van der Waals surface area contributed by atoms with Crippen molar-refractivity contribution < 1.29 is 26.4 Å². The van der Waals surface area contributed by atoms with Crippen LogP contribution in [0.25, 0.3) is 0 Å². The number of nitrogens with zero attached hydrogens (tertiary/aromatic N) is 3. The monoisotopic (exact) mass is 523 g/mol. The summed E-state index contributed by atoms with van der Waals surface area (Å²) >= 11 is 1.28. The molecular weight excluding hydrogens is 499 g/mol. The van der Waals surface area contributed by atoms with Gasteiger partial charge in [0.2, 0.25) is 10.0 Å². The van der Waals surface area contributed by atoms with Gasteiger partial charge in [-0.25, -0.2) is 26.6 Å². The largest absolute Gasteiger partial charge is 0.332 e. The molecule has 1 saturated heterocycles. The van der Waals surface area contributed by atoms with E-state index in [0.717, 1.165) is 23.9 Å². The van der Waals surface area contributed by atoms with Crippen molar-refractivity contribution in [1.29, 1.82) is 0 Å². The van der Waals surface area contributed by atoms with Crippen LogP contribution in [-0.2, 0) is 10.0 Å². The Kier molecular flexibility index (Phi) is 4.36. The van der Waals surface area contributed by atoms with Crippen LogP contribution in [-0.4, -0.2) is 59.6 Å². The van der Waals surface area contributed by atoms with Gasteiger partial charge in [-0.15, -0.1) is 11.3 Å². The van der Waals surface area contributed by atoms with E-state index in [0.29, 0.717) is 23.6 Å². The lowest BCUT2D eigenvalue weighted by Crippen LogP contribution is -2.68. The molecule has 0 unspecified atom stereocenters. The SMILES string of the molecule is C[C@@H]1[C@@H]2[C@H](c3nc(C4CC4)sc3C(=O)N1C1CC3(C1)CN(S(=O)(=O)c1ccccc1F)C3)C2(F)F. The fourth-order valence-electron chi connectivity index (χ4n) is 6.55. The Labute approximate surface area is 205 Å². The average molecular weight is 524 g/mol. The van der Waals surface area contributed by atoms with Gasteiger partial charge in [-0.3, -0.25) is 4.79 Å². The van der Waals surface area contributed by atoms with Crippen LogP contribution >= 0.6 is 11.3 Å². The number of hydrogen-bond donors (Lipinski definition) is 0. The maximum absolute atomic E-state index is 14.9. The number of sulfonamides is 1. The number of alkyl halides is 2. The van der Waals surface area contributed by atoms with Gasteiger partial charge in [0.05, 0.1) is 22.5 Å². The fraction of sp³-hybridized carbons (Fsp3) is 0.583. The van der Waals surface area contributed by atoms with Gasteiger partial charge in [0.15, 0.2) is 0 Å². The maximum atomic E-state index is 14.9. The van der Waals surface area contributed by atoms with Gasteiger partial charge in [0, 0.05) is 36.5 Å². The van der Waals surface area contributed by atoms with E-state index in [9.17, 15) is 26.4 Å². The number of aromatic nitrogens is 1. The van der Waals surface area contributed by atoms with Crippen molar-refractivity contribution in [2.45, 2.75) is 67.3 Å². The third-order valence-corrected chi connectivity index (χ3v) is 11.6. The quantitative estimate of drug-likeness (QED) is 0.602. The van der Waals surface area contributed by atoms with Crippen molar-refractivity contribution in [2.24, 2.45) is 11.3 Å². The second kappa shape index (κ2) is 6.86. The third kappa shape index (κ3) is 3.00. The predicted molar refractivity (Wildman–Crippen MR) is 122 cm³/mol. The number of benzene rings is 1. The predicted octanol–water partition coefficient (Wildman–Crippen LogP) is 4.21. The van der Waals surface area contributed by atoms with Crippen molar-refractivity contribution in [3.63, 3.8) is 0 Å². The summed E-state index contributed by atoms with van der Waals surface area (Å²) < 4.78 is 70.8. The summed E-state index contributed by atoms with van der Waals surface area (Å²) in [6, 6.07) is 4.47. The summed E-state index contributed by atoms with van der Waals surface area (Å²) in [5.41, 5.74) is -0.0118. The zero-order chi connectivity index (χ0) is 24.5. The second-order valence-corrected chi connectivity index (χ2v) is 13.9. The molecule has 1 aromatic heterocycles. The number of amides is 1. The molecule has 11 heteroatoms. The van der Waals surface area contributed by atoms with E-state index in [1.54, 1.807) is 11.8 Å². The van der Waals surface area contributed by atoms with Crippen LogP contribution in [0.4, 0.5) is 13.2 Å². The van der Waals surface area contributed by atoms with Gasteiger partial charge >= 0.3 is 0 Å². The number of hydrogen-bond acceptors (Lipinski definition) is 5. The van der Waals surface area contributed by atoms with Crippen molar-refractivity contribution in [1.82, 2.24) is 14.2 Å². The van der Waals surface area contributed by atoms with Gasteiger partial charge < -0.3 is 4.90 Å². The molecule has 5 aliphatic rings. The Morgan fingerprint density at radius 2 is 1.83 bits per heavy atom. The minimum absolute atomic E-state index is 0.213. The number of fused-ring (bicyclic) bond motifs is 3. The van der Waals surface area contributed by atoms with E-state index < -0.39 is 39.6 Å². The summed E-state index contributed by atoms with van der Waals surface area (Å²) in [7, 11) is -3.93. The summed E-state index contributed by atoms with van der Waals surface area (Å²) in [6.45, 7) is 2.20. The van der Waals surface area contributed by atoms with E-state index >= 15 is 0 Å². The zero-order valence-corrected chi connectivity index (χ0v) is 20.6. The van der Waals surface area contributed by atoms with Crippen LogP contribution < -0.4 is 0 Å². The molecule has 2 aliphatic heterocycles. The van der Waals surface area contributed by atoms with Crippen molar-refractivity contribution in [3.8, 4) is 0 Å². The molecule has 2 aromatic rings. The Morgan fingerprint density at radius 1 is 1.14 bits per heavy atom. The number of thiazole rings is 1. The van der Waals surface area contributed by atoms with Crippen LogP contribution in [0.15, 0.2) is 29.2 Å². The Balaban J connectivity index is 1.11. The van der Waals surface area contributed by atoms with Crippen molar-refractivity contribution in [2.75, 3.05) is 13.1 Å². The van der Waals surface area contributed by atoms with Crippen LogP contribution in [0.1, 0.15) is 64.8 Å². The number of carbonyl (C=O) groups excluding carboxylic acids is 1. The first-order valence-corrected chi connectivity index (χ1v) is 14.2. The molecule has 6 nitrogen and oxygen atoms in total. The minimum Gasteiger partial charge on any atom is -0.332 e. The summed E-state index contributed by atoms with van der Waals surface area (Å²) in [5, 5.41) is 0.803. The molecule has 0 bridgehead atoms. The molecule has 4 fully saturated rings. The molecule has 7 rings (SSSR count). The molecular formula is C24H24F3N3O3S2. The molecule has 1 amide bonds.